The third-order valence-electron chi connectivity index (χ3n) is 4.83. The minimum atomic E-state index is -0.0959. The number of carbonyl (C=O) groups excluding carboxylic acids is 1. The van der Waals surface area contributed by atoms with Crippen LogP contribution in [0.15, 0.2) is 78.0 Å². The first-order chi connectivity index (χ1) is 15.5. The summed E-state index contributed by atoms with van der Waals surface area (Å²) < 4.78 is 7.48. The maximum Gasteiger partial charge on any atom is 0.234 e. The molecule has 0 saturated heterocycles. The minimum Gasteiger partial charge on any atom is -0.496 e. The van der Waals surface area contributed by atoms with E-state index in [2.05, 4.69) is 21.6 Å². The fraction of sp³-hybridized carbons (Fsp3) is 0.160. The van der Waals surface area contributed by atoms with Gasteiger partial charge in [0.1, 0.15) is 5.75 Å². The Bertz CT molecular complexity index is 1220. The molecule has 7 heteroatoms. The zero-order valence-electron chi connectivity index (χ0n) is 18.2. The van der Waals surface area contributed by atoms with Crippen molar-refractivity contribution in [1.29, 1.82) is 0 Å². The lowest BCUT2D eigenvalue weighted by Crippen LogP contribution is -2.14. The Morgan fingerprint density at radius 3 is 2.38 bits per heavy atom. The van der Waals surface area contributed by atoms with Crippen LogP contribution in [0.4, 0.5) is 5.69 Å². The Labute approximate surface area is 191 Å². The van der Waals surface area contributed by atoms with Gasteiger partial charge in [0.25, 0.3) is 0 Å². The number of benzene rings is 3. The number of ether oxygens (including phenoxy) is 1. The van der Waals surface area contributed by atoms with E-state index in [1.807, 2.05) is 85.1 Å². The van der Waals surface area contributed by atoms with Crippen molar-refractivity contribution < 1.29 is 9.53 Å². The zero-order chi connectivity index (χ0) is 22.5. The van der Waals surface area contributed by atoms with Crippen LogP contribution in [0.2, 0.25) is 0 Å². The van der Waals surface area contributed by atoms with Crippen LogP contribution in [-0.4, -0.2) is 33.5 Å². The van der Waals surface area contributed by atoms with E-state index >= 15 is 0 Å². The van der Waals surface area contributed by atoms with Gasteiger partial charge in [0, 0.05) is 11.4 Å². The Morgan fingerprint density at radius 2 is 1.66 bits per heavy atom. The molecular weight excluding hydrogens is 420 g/mol. The third-order valence-corrected chi connectivity index (χ3v) is 5.76. The molecule has 0 spiro atoms. The number of hydrogen-bond acceptors (Lipinski definition) is 5. The van der Waals surface area contributed by atoms with Crippen LogP contribution in [0.25, 0.3) is 17.1 Å². The number of aryl methyl sites for hydroxylation is 2. The number of rotatable bonds is 7. The van der Waals surface area contributed by atoms with Gasteiger partial charge >= 0.3 is 0 Å². The van der Waals surface area contributed by atoms with Crippen LogP contribution >= 0.6 is 11.8 Å². The summed E-state index contributed by atoms with van der Waals surface area (Å²) in [6.07, 6.45) is 0. The summed E-state index contributed by atoms with van der Waals surface area (Å²) in [5.74, 6) is 1.48. The molecule has 0 fully saturated rings. The predicted molar refractivity (Wildman–Crippen MR) is 129 cm³/mol. The van der Waals surface area contributed by atoms with E-state index in [0.717, 1.165) is 28.1 Å². The van der Waals surface area contributed by atoms with Gasteiger partial charge in [-0.25, -0.2) is 0 Å². The molecule has 0 unspecified atom stereocenters. The molecule has 1 heterocycles. The second-order valence-corrected chi connectivity index (χ2v) is 8.33. The van der Waals surface area contributed by atoms with E-state index in [1.54, 1.807) is 7.11 Å². The Morgan fingerprint density at radius 1 is 0.969 bits per heavy atom. The molecule has 4 aromatic rings. The topological polar surface area (TPSA) is 69.0 Å². The number of para-hydroxylation sites is 2. The van der Waals surface area contributed by atoms with Crippen LogP contribution in [0, 0.1) is 13.8 Å². The molecule has 6 nitrogen and oxygen atoms in total. The largest absolute Gasteiger partial charge is 0.496 e. The summed E-state index contributed by atoms with van der Waals surface area (Å²) in [7, 11) is 1.63. The SMILES string of the molecule is COc1ccccc1-c1nnc(SCC(=O)Nc2cc(C)cc(C)c2)n1-c1ccccc1. The molecule has 1 N–H and O–H groups in total. The smallest absolute Gasteiger partial charge is 0.234 e. The molecule has 1 aromatic heterocycles. The van der Waals surface area contributed by atoms with Crippen molar-refractivity contribution in [2.75, 3.05) is 18.2 Å². The number of anilines is 1. The van der Waals surface area contributed by atoms with Gasteiger partial charge < -0.3 is 10.1 Å². The molecule has 0 saturated carbocycles. The molecule has 4 rings (SSSR count). The molecular formula is C25H24N4O2S. The van der Waals surface area contributed by atoms with Gasteiger partial charge in [0.2, 0.25) is 5.91 Å². The van der Waals surface area contributed by atoms with Crippen molar-refractivity contribution in [2.24, 2.45) is 0 Å². The highest BCUT2D eigenvalue weighted by Gasteiger charge is 2.19. The van der Waals surface area contributed by atoms with E-state index in [-0.39, 0.29) is 11.7 Å². The highest BCUT2D eigenvalue weighted by Crippen LogP contribution is 2.33. The number of nitrogens with zero attached hydrogens (tertiary/aromatic N) is 3. The molecule has 1 amide bonds. The normalized spacial score (nSPS) is 10.7. The van der Waals surface area contributed by atoms with Gasteiger partial charge in [-0.3, -0.25) is 9.36 Å². The average Bonchev–Trinajstić information content (AvgIpc) is 3.21. The van der Waals surface area contributed by atoms with Crippen LogP contribution in [0.3, 0.4) is 0 Å². The van der Waals surface area contributed by atoms with Crippen LogP contribution in [0.5, 0.6) is 5.75 Å². The van der Waals surface area contributed by atoms with E-state index in [0.29, 0.717) is 16.7 Å². The number of methoxy groups -OCH3 is 1. The van der Waals surface area contributed by atoms with Gasteiger partial charge in [-0.15, -0.1) is 10.2 Å². The van der Waals surface area contributed by atoms with Gasteiger partial charge in [-0.1, -0.05) is 48.2 Å². The number of aromatic nitrogens is 3. The Balaban J connectivity index is 1.61. The fourth-order valence-corrected chi connectivity index (χ4v) is 4.30. The standard InChI is InChI=1S/C25H24N4O2S/c1-17-13-18(2)15-19(14-17)26-23(30)16-32-25-28-27-24(21-11-7-8-12-22(21)31-3)29(25)20-9-5-4-6-10-20/h4-15H,16H2,1-3H3,(H,26,30). The van der Waals surface area contributed by atoms with Gasteiger partial charge in [-0.05, 0) is 61.4 Å². The predicted octanol–water partition coefficient (Wildman–Crippen LogP) is 5.29. The van der Waals surface area contributed by atoms with Gasteiger partial charge in [0.05, 0.1) is 18.4 Å². The van der Waals surface area contributed by atoms with Crippen molar-refractivity contribution in [2.45, 2.75) is 19.0 Å². The van der Waals surface area contributed by atoms with E-state index in [4.69, 9.17) is 4.74 Å². The first kappa shape index (κ1) is 21.6. The summed E-state index contributed by atoms with van der Waals surface area (Å²) in [6, 6.07) is 23.5. The van der Waals surface area contributed by atoms with Crippen molar-refractivity contribution in [3.05, 3.63) is 83.9 Å². The molecule has 0 aliphatic heterocycles. The van der Waals surface area contributed by atoms with E-state index in [9.17, 15) is 4.79 Å². The van der Waals surface area contributed by atoms with Gasteiger partial charge in [0.15, 0.2) is 11.0 Å². The number of amides is 1. The average molecular weight is 445 g/mol. The molecule has 162 valence electrons. The maximum absolute atomic E-state index is 12.6. The second kappa shape index (κ2) is 9.70. The van der Waals surface area contributed by atoms with Crippen molar-refractivity contribution in [3.63, 3.8) is 0 Å². The first-order valence-electron chi connectivity index (χ1n) is 10.2. The lowest BCUT2D eigenvalue weighted by Gasteiger charge is -2.12. The Kier molecular flexibility index (Phi) is 6.56. The number of hydrogen-bond donors (Lipinski definition) is 1. The summed E-state index contributed by atoms with van der Waals surface area (Å²) in [5, 5.41) is 12.4. The fourth-order valence-electron chi connectivity index (χ4n) is 3.55. The van der Waals surface area contributed by atoms with Crippen molar-refractivity contribution in [3.8, 4) is 22.8 Å². The third kappa shape index (κ3) is 4.84. The van der Waals surface area contributed by atoms with Crippen LogP contribution in [-0.2, 0) is 4.79 Å². The molecule has 0 bridgehead atoms. The molecule has 0 aliphatic rings. The molecule has 32 heavy (non-hydrogen) atoms. The Hall–Kier alpha value is -3.58. The van der Waals surface area contributed by atoms with E-state index < -0.39 is 0 Å². The van der Waals surface area contributed by atoms with E-state index in [1.165, 1.54) is 11.8 Å². The summed E-state index contributed by atoms with van der Waals surface area (Å²) in [6.45, 7) is 4.03. The maximum atomic E-state index is 12.6. The summed E-state index contributed by atoms with van der Waals surface area (Å²) in [5.41, 5.74) is 4.76. The summed E-state index contributed by atoms with van der Waals surface area (Å²) in [4.78, 5) is 12.6. The highest BCUT2D eigenvalue weighted by molar-refractivity contribution is 7.99. The molecule has 0 radical (unpaired) electrons. The summed E-state index contributed by atoms with van der Waals surface area (Å²) >= 11 is 1.34. The molecule has 3 aromatic carbocycles. The lowest BCUT2D eigenvalue weighted by atomic mass is 10.1. The second-order valence-electron chi connectivity index (χ2n) is 7.39. The highest BCUT2D eigenvalue weighted by atomic mass is 32.2. The zero-order valence-corrected chi connectivity index (χ0v) is 19.0. The number of carbonyl (C=O) groups is 1. The van der Waals surface area contributed by atoms with Crippen LogP contribution in [0.1, 0.15) is 11.1 Å². The quantitative estimate of drug-likeness (QED) is 0.392. The lowest BCUT2D eigenvalue weighted by molar-refractivity contribution is -0.113. The molecule has 0 atom stereocenters. The van der Waals surface area contributed by atoms with Crippen molar-refractivity contribution in [1.82, 2.24) is 14.8 Å². The number of thioether (sulfide) groups is 1. The van der Waals surface area contributed by atoms with Crippen LogP contribution < -0.4 is 10.1 Å². The van der Waals surface area contributed by atoms with Crippen molar-refractivity contribution >= 4 is 23.4 Å². The molecule has 0 aliphatic carbocycles. The first-order valence-corrected chi connectivity index (χ1v) is 11.2. The number of nitrogens with one attached hydrogen (secondary N) is 1. The minimum absolute atomic E-state index is 0.0959. The monoisotopic (exact) mass is 444 g/mol. The van der Waals surface area contributed by atoms with Gasteiger partial charge in [-0.2, -0.15) is 0 Å².